The lowest BCUT2D eigenvalue weighted by atomic mass is 10.1. The lowest BCUT2D eigenvalue weighted by molar-refractivity contribution is 0.421. The first kappa shape index (κ1) is 14.8. The van der Waals surface area contributed by atoms with Crippen LogP contribution in [0.4, 0.5) is 0 Å². The van der Waals surface area contributed by atoms with Crippen LogP contribution in [0, 0.1) is 5.92 Å². The third-order valence-corrected chi connectivity index (χ3v) is 4.21. The largest absolute Gasteiger partial charge is 0.333 e. The number of rotatable bonds is 5. The first-order valence-electron chi connectivity index (χ1n) is 7.18. The molecule has 3 aromatic heterocycles. The smallest absolute Gasteiger partial charge is 0.269 e. The molecule has 0 aliphatic heterocycles. The fourth-order valence-corrected chi connectivity index (χ4v) is 3.08. The van der Waals surface area contributed by atoms with Gasteiger partial charge in [0.1, 0.15) is 4.88 Å². The van der Waals surface area contributed by atoms with Crippen molar-refractivity contribution in [1.82, 2.24) is 25.1 Å². The topological polar surface area (TPSA) is 77.6 Å². The quantitative estimate of drug-likeness (QED) is 0.718. The maximum Gasteiger partial charge on any atom is 0.269 e. The lowest BCUT2D eigenvalue weighted by Crippen LogP contribution is -2.01. The molecule has 0 spiro atoms. The normalized spacial score (nSPS) is 12.7. The second-order valence-electron chi connectivity index (χ2n) is 5.53. The predicted octanol–water partition coefficient (Wildman–Crippen LogP) is 3.33. The highest BCUT2D eigenvalue weighted by Crippen LogP contribution is 2.28. The molecule has 0 N–H and O–H groups in total. The van der Waals surface area contributed by atoms with E-state index >= 15 is 0 Å². The summed E-state index contributed by atoms with van der Waals surface area (Å²) in [6, 6.07) is 0. The Bertz CT molecular complexity index is 737. The molecule has 0 radical (unpaired) electrons. The summed E-state index contributed by atoms with van der Waals surface area (Å²) >= 11 is 1.60. The van der Waals surface area contributed by atoms with Crippen molar-refractivity contribution < 1.29 is 4.52 Å². The van der Waals surface area contributed by atoms with Crippen LogP contribution in [-0.2, 0) is 6.42 Å². The van der Waals surface area contributed by atoms with Gasteiger partial charge in [-0.3, -0.25) is 9.97 Å². The molecule has 0 bridgehead atoms. The molecule has 0 amide bonds. The van der Waals surface area contributed by atoms with Crippen molar-refractivity contribution in [2.75, 3.05) is 0 Å². The van der Waals surface area contributed by atoms with Crippen LogP contribution in [0.1, 0.15) is 43.2 Å². The van der Waals surface area contributed by atoms with Crippen LogP contribution >= 0.6 is 11.3 Å². The molecule has 0 aliphatic rings. The van der Waals surface area contributed by atoms with E-state index in [2.05, 4.69) is 38.9 Å². The molecule has 22 heavy (non-hydrogen) atoms. The third kappa shape index (κ3) is 3.19. The molecule has 0 saturated heterocycles. The first-order valence-corrected chi connectivity index (χ1v) is 7.99. The zero-order valence-electron chi connectivity index (χ0n) is 12.7. The Hall–Kier alpha value is -2.15. The Balaban J connectivity index is 1.80. The molecule has 114 valence electrons. The van der Waals surface area contributed by atoms with Gasteiger partial charge in [0.15, 0.2) is 5.82 Å². The van der Waals surface area contributed by atoms with Gasteiger partial charge in [-0.05, 0) is 12.8 Å². The van der Waals surface area contributed by atoms with Gasteiger partial charge in [0.25, 0.3) is 5.89 Å². The third-order valence-electron chi connectivity index (χ3n) is 3.20. The van der Waals surface area contributed by atoms with Gasteiger partial charge in [-0.2, -0.15) is 4.98 Å². The minimum atomic E-state index is -0.0609. The fourth-order valence-electron chi connectivity index (χ4n) is 2.03. The SMILES string of the molecule is CC(C)Cc1ncc(-c2nc(C(C)c3cnccn3)no2)s1. The van der Waals surface area contributed by atoms with E-state index < -0.39 is 0 Å². The van der Waals surface area contributed by atoms with Crippen molar-refractivity contribution in [3.8, 4) is 10.8 Å². The molecule has 6 nitrogen and oxygen atoms in total. The number of hydrogen-bond acceptors (Lipinski definition) is 7. The van der Waals surface area contributed by atoms with Gasteiger partial charge in [0.2, 0.25) is 0 Å². The van der Waals surface area contributed by atoms with E-state index in [0.717, 1.165) is 22.0 Å². The first-order chi connectivity index (χ1) is 10.6. The minimum absolute atomic E-state index is 0.0609. The second-order valence-corrected chi connectivity index (χ2v) is 6.64. The van der Waals surface area contributed by atoms with Gasteiger partial charge in [0.05, 0.1) is 22.8 Å². The van der Waals surface area contributed by atoms with Crippen LogP contribution in [0.2, 0.25) is 0 Å². The molecule has 3 aromatic rings. The van der Waals surface area contributed by atoms with Crippen molar-refractivity contribution in [3.63, 3.8) is 0 Å². The molecule has 0 fully saturated rings. The second kappa shape index (κ2) is 6.31. The average Bonchev–Trinajstić information content (AvgIpc) is 3.15. The monoisotopic (exact) mass is 315 g/mol. The Morgan fingerprint density at radius 1 is 1.14 bits per heavy atom. The summed E-state index contributed by atoms with van der Waals surface area (Å²) in [5, 5.41) is 5.15. The summed E-state index contributed by atoms with van der Waals surface area (Å²) in [6.45, 7) is 6.33. The molecule has 1 atom stereocenters. The summed E-state index contributed by atoms with van der Waals surface area (Å²) < 4.78 is 5.37. The molecule has 7 heteroatoms. The van der Waals surface area contributed by atoms with E-state index in [9.17, 15) is 0 Å². The Morgan fingerprint density at radius 2 is 2.00 bits per heavy atom. The summed E-state index contributed by atoms with van der Waals surface area (Å²) in [6.07, 6.45) is 7.78. The van der Waals surface area contributed by atoms with Crippen LogP contribution in [0.25, 0.3) is 10.8 Å². The summed E-state index contributed by atoms with van der Waals surface area (Å²) in [4.78, 5) is 18.1. The van der Waals surface area contributed by atoms with E-state index in [1.807, 2.05) is 6.92 Å². The van der Waals surface area contributed by atoms with Crippen molar-refractivity contribution in [2.45, 2.75) is 33.1 Å². The maximum absolute atomic E-state index is 5.37. The highest BCUT2D eigenvalue weighted by molar-refractivity contribution is 7.15. The van der Waals surface area contributed by atoms with E-state index in [0.29, 0.717) is 17.6 Å². The van der Waals surface area contributed by atoms with Crippen LogP contribution in [0.3, 0.4) is 0 Å². The van der Waals surface area contributed by atoms with Crippen LogP contribution in [0.15, 0.2) is 29.3 Å². The van der Waals surface area contributed by atoms with E-state index in [4.69, 9.17) is 4.52 Å². The predicted molar refractivity (Wildman–Crippen MR) is 83.5 cm³/mol. The van der Waals surface area contributed by atoms with E-state index in [-0.39, 0.29) is 5.92 Å². The van der Waals surface area contributed by atoms with E-state index in [1.54, 1.807) is 36.1 Å². The molecule has 0 saturated carbocycles. The van der Waals surface area contributed by atoms with Gasteiger partial charge >= 0.3 is 0 Å². The Labute approximate surface area is 132 Å². The number of aromatic nitrogens is 5. The average molecular weight is 315 g/mol. The van der Waals surface area contributed by atoms with Gasteiger partial charge in [-0.1, -0.05) is 19.0 Å². The lowest BCUT2D eigenvalue weighted by Gasteiger charge is -2.03. The van der Waals surface area contributed by atoms with Crippen molar-refractivity contribution in [2.24, 2.45) is 5.92 Å². The van der Waals surface area contributed by atoms with Crippen LogP contribution in [0.5, 0.6) is 0 Å². The molecule has 0 aromatic carbocycles. The molecular weight excluding hydrogens is 298 g/mol. The number of nitrogens with zero attached hydrogens (tertiary/aromatic N) is 5. The Morgan fingerprint density at radius 3 is 2.73 bits per heavy atom. The molecule has 3 rings (SSSR count). The van der Waals surface area contributed by atoms with Gasteiger partial charge in [-0.25, -0.2) is 4.98 Å². The molecule has 0 aliphatic carbocycles. The highest BCUT2D eigenvalue weighted by atomic mass is 32.1. The van der Waals surface area contributed by atoms with Crippen LogP contribution in [-0.4, -0.2) is 25.1 Å². The summed E-state index contributed by atoms with van der Waals surface area (Å²) in [7, 11) is 0. The van der Waals surface area contributed by atoms with Crippen molar-refractivity contribution in [3.05, 3.63) is 41.3 Å². The highest BCUT2D eigenvalue weighted by Gasteiger charge is 2.19. The zero-order valence-corrected chi connectivity index (χ0v) is 13.5. The van der Waals surface area contributed by atoms with Gasteiger partial charge in [-0.15, -0.1) is 11.3 Å². The van der Waals surface area contributed by atoms with Crippen LogP contribution < -0.4 is 0 Å². The standard InChI is InChI=1S/C15H17N5OS/c1-9(2)6-13-18-8-12(22-13)15-19-14(20-21-15)10(3)11-7-16-4-5-17-11/h4-5,7-10H,6H2,1-3H3. The van der Waals surface area contributed by atoms with Crippen molar-refractivity contribution >= 4 is 11.3 Å². The molecular formula is C15H17N5OS. The number of thiazole rings is 1. The summed E-state index contributed by atoms with van der Waals surface area (Å²) in [5.41, 5.74) is 0.819. The Kier molecular flexibility index (Phi) is 4.24. The molecule has 1 unspecified atom stereocenters. The molecule has 3 heterocycles. The number of hydrogen-bond donors (Lipinski definition) is 0. The van der Waals surface area contributed by atoms with Gasteiger partial charge in [0, 0.05) is 25.0 Å². The van der Waals surface area contributed by atoms with Crippen molar-refractivity contribution in [1.29, 1.82) is 0 Å². The maximum atomic E-state index is 5.37. The summed E-state index contributed by atoms with van der Waals surface area (Å²) in [5.74, 6) is 1.63. The van der Waals surface area contributed by atoms with Gasteiger partial charge < -0.3 is 4.52 Å². The van der Waals surface area contributed by atoms with E-state index in [1.165, 1.54) is 0 Å². The minimum Gasteiger partial charge on any atom is -0.333 e. The fraction of sp³-hybridized carbons (Fsp3) is 0.400. The zero-order chi connectivity index (χ0) is 15.5.